The van der Waals surface area contributed by atoms with Crippen molar-refractivity contribution in [2.45, 2.75) is 0 Å². The molecule has 0 bridgehead atoms. The van der Waals surface area contributed by atoms with Crippen LogP contribution in [0.15, 0.2) is 36.5 Å². The molecule has 0 radical (unpaired) electrons. The first-order valence-electron chi connectivity index (χ1n) is 11.0. The number of anilines is 2. The van der Waals surface area contributed by atoms with Gasteiger partial charge in [-0.3, -0.25) is 4.79 Å². The lowest BCUT2D eigenvalue weighted by molar-refractivity contribution is 0.0664. The Labute approximate surface area is 200 Å². The molecule has 0 unspecified atom stereocenters. The second kappa shape index (κ2) is 10.7. The minimum atomic E-state index is -0.750. The van der Waals surface area contributed by atoms with Crippen LogP contribution in [0.4, 0.5) is 11.5 Å². The zero-order valence-electron chi connectivity index (χ0n) is 18.9. The molecule has 2 fully saturated rings. The van der Waals surface area contributed by atoms with Gasteiger partial charge in [-0.1, -0.05) is 0 Å². The number of piperazine rings is 1. The molecule has 4 heterocycles. The van der Waals surface area contributed by atoms with Gasteiger partial charge in [0.15, 0.2) is 11.6 Å². The average molecular weight is 486 g/mol. The maximum absolute atomic E-state index is 13.2. The van der Waals surface area contributed by atoms with Crippen LogP contribution < -0.4 is 10.6 Å². The van der Waals surface area contributed by atoms with Gasteiger partial charge < -0.3 is 25.2 Å². The summed E-state index contributed by atoms with van der Waals surface area (Å²) in [4.78, 5) is 24.4. The van der Waals surface area contributed by atoms with E-state index in [1.807, 2.05) is 41.4 Å². The molecule has 1 amide bonds. The van der Waals surface area contributed by atoms with Gasteiger partial charge in [-0.05, 0) is 37.4 Å². The monoisotopic (exact) mass is 485 g/mol. The third kappa shape index (κ3) is 5.24. The van der Waals surface area contributed by atoms with Crippen molar-refractivity contribution >= 4 is 34.5 Å². The number of fused-ring (bicyclic) bond motifs is 1. The fourth-order valence-electron chi connectivity index (χ4n) is 4.06. The zero-order valence-corrected chi connectivity index (χ0v) is 19.7. The van der Waals surface area contributed by atoms with Crippen molar-refractivity contribution in [1.82, 2.24) is 24.4 Å². The van der Waals surface area contributed by atoms with Crippen LogP contribution in [0.25, 0.3) is 16.9 Å². The van der Waals surface area contributed by atoms with Gasteiger partial charge in [0, 0.05) is 56.7 Å². The van der Waals surface area contributed by atoms with Crippen molar-refractivity contribution in [3.63, 3.8) is 0 Å². The first kappa shape index (κ1) is 23.8. The highest BCUT2D eigenvalue weighted by Crippen LogP contribution is 2.27. The molecular weight excluding hydrogens is 458 g/mol. The van der Waals surface area contributed by atoms with Gasteiger partial charge in [-0.2, -0.15) is 8.42 Å². The predicted octanol–water partition coefficient (Wildman–Crippen LogP) is 0.533. The lowest BCUT2D eigenvalue weighted by Gasteiger charge is -2.32. The minimum Gasteiger partial charge on any atom is -0.399 e. The molecule has 180 valence electrons. The number of nitrogen functional groups attached to an aromatic ring is 1. The van der Waals surface area contributed by atoms with E-state index in [1.165, 1.54) is 0 Å². The summed E-state index contributed by atoms with van der Waals surface area (Å²) in [6.45, 7) is 6.06. The number of morpholine rings is 1. The standard InChI is InChI=1S/C22H27N7O2.O2S/c1-26-6-8-28(9-7-26)22(30)17-14-19-21(27-10-12-31-13-11-27)24-20(25-29(19)15-17)16-2-4-18(23)5-3-16;1-3-2/h2-5,14-15H,6-13,23H2,1H3;. The van der Waals surface area contributed by atoms with Crippen LogP contribution in [0.1, 0.15) is 10.4 Å². The Kier molecular flexibility index (Phi) is 7.50. The molecule has 11 nitrogen and oxygen atoms in total. The quantitative estimate of drug-likeness (QED) is 0.529. The van der Waals surface area contributed by atoms with Crippen molar-refractivity contribution in [2.24, 2.45) is 0 Å². The summed E-state index contributed by atoms with van der Waals surface area (Å²) in [5, 5.41) is 4.72. The summed E-state index contributed by atoms with van der Waals surface area (Å²) in [5.41, 5.74) is 8.89. The first-order chi connectivity index (χ1) is 16.5. The van der Waals surface area contributed by atoms with E-state index in [4.69, 9.17) is 29.0 Å². The molecule has 3 aromatic rings. The molecule has 2 aliphatic rings. The van der Waals surface area contributed by atoms with Gasteiger partial charge in [-0.15, -0.1) is 5.10 Å². The Balaban J connectivity index is 0.000000868. The SMILES string of the molecule is CN1CCN(C(=O)c2cc3c(N4CCOCC4)nc(-c4ccc(N)cc4)nn3c2)CC1.O=S=O. The summed E-state index contributed by atoms with van der Waals surface area (Å²) >= 11 is -0.750. The van der Waals surface area contributed by atoms with E-state index < -0.39 is 11.6 Å². The van der Waals surface area contributed by atoms with E-state index in [1.54, 1.807) is 4.52 Å². The van der Waals surface area contributed by atoms with Crippen molar-refractivity contribution in [2.75, 3.05) is 70.2 Å². The van der Waals surface area contributed by atoms with Crippen LogP contribution in [-0.4, -0.2) is 98.3 Å². The number of benzene rings is 1. The fourth-order valence-corrected chi connectivity index (χ4v) is 4.06. The summed E-state index contributed by atoms with van der Waals surface area (Å²) in [7, 11) is 2.08. The normalized spacial score (nSPS) is 16.7. The lowest BCUT2D eigenvalue weighted by atomic mass is 10.2. The summed E-state index contributed by atoms with van der Waals surface area (Å²) in [6.07, 6.45) is 1.82. The van der Waals surface area contributed by atoms with Crippen molar-refractivity contribution in [3.8, 4) is 11.4 Å². The molecule has 0 saturated carbocycles. The number of rotatable bonds is 3. The average Bonchev–Trinajstić information content (AvgIpc) is 3.29. The highest BCUT2D eigenvalue weighted by Gasteiger charge is 2.24. The highest BCUT2D eigenvalue weighted by atomic mass is 32.1. The number of hydrogen-bond donors (Lipinski definition) is 1. The summed E-state index contributed by atoms with van der Waals surface area (Å²) in [6, 6.07) is 9.43. The fraction of sp³-hybridized carbons (Fsp3) is 0.409. The summed E-state index contributed by atoms with van der Waals surface area (Å²) < 4.78 is 23.9. The number of nitrogens with two attached hydrogens (primary N) is 1. The first-order valence-corrected chi connectivity index (χ1v) is 11.7. The molecule has 2 aromatic heterocycles. The van der Waals surface area contributed by atoms with Crippen LogP contribution in [-0.2, 0) is 16.3 Å². The van der Waals surface area contributed by atoms with E-state index in [2.05, 4.69) is 16.8 Å². The van der Waals surface area contributed by atoms with Crippen LogP contribution >= 0.6 is 0 Å². The molecular formula is C22H27N7O4S. The number of ether oxygens (including phenoxy) is 1. The Morgan fingerprint density at radius 3 is 2.32 bits per heavy atom. The van der Waals surface area contributed by atoms with E-state index in [0.29, 0.717) is 30.3 Å². The van der Waals surface area contributed by atoms with E-state index in [9.17, 15) is 4.79 Å². The van der Waals surface area contributed by atoms with Gasteiger partial charge in [0.1, 0.15) is 5.52 Å². The zero-order chi connectivity index (χ0) is 24.1. The second-order valence-electron chi connectivity index (χ2n) is 8.20. The van der Waals surface area contributed by atoms with Crippen LogP contribution in [0.2, 0.25) is 0 Å². The second-order valence-corrected chi connectivity index (χ2v) is 8.34. The molecule has 0 atom stereocenters. The lowest BCUT2D eigenvalue weighted by Crippen LogP contribution is -2.47. The molecule has 1 aromatic carbocycles. The Bertz CT molecular complexity index is 1180. The third-order valence-corrected chi connectivity index (χ3v) is 5.96. The largest absolute Gasteiger partial charge is 0.399 e. The van der Waals surface area contributed by atoms with Crippen LogP contribution in [0.5, 0.6) is 0 Å². The number of carbonyl (C=O) groups is 1. The number of carbonyl (C=O) groups excluding carboxylic acids is 1. The topological polar surface area (TPSA) is 126 Å². The number of hydrogen-bond acceptors (Lipinski definition) is 9. The maximum atomic E-state index is 13.2. The van der Waals surface area contributed by atoms with E-state index in [0.717, 1.165) is 56.2 Å². The maximum Gasteiger partial charge on any atom is 0.335 e. The third-order valence-electron chi connectivity index (χ3n) is 5.96. The smallest absolute Gasteiger partial charge is 0.335 e. The predicted molar refractivity (Wildman–Crippen MR) is 128 cm³/mol. The molecule has 0 aliphatic carbocycles. The van der Waals surface area contributed by atoms with Gasteiger partial charge >= 0.3 is 11.6 Å². The number of likely N-dealkylation sites (N-methyl/N-ethyl adjacent to an activating group) is 1. The molecule has 2 saturated heterocycles. The molecule has 2 aliphatic heterocycles. The molecule has 34 heavy (non-hydrogen) atoms. The number of nitrogens with zero attached hydrogens (tertiary/aromatic N) is 6. The Hall–Kier alpha value is -3.35. The molecule has 12 heteroatoms. The van der Waals surface area contributed by atoms with E-state index >= 15 is 0 Å². The highest BCUT2D eigenvalue weighted by molar-refractivity contribution is 7.51. The minimum absolute atomic E-state index is 0.0422. The summed E-state index contributed by atoms with van der Waals surface area (Å²) in [5.74, 6) is 1.46. The van der Waals surface area contributed by atoms with Gasteiger partial charge in [0.25, 0.3) is 5.91 Å². The molecule has 2 N–H and O–H groups in total. The van der Waals surface area contributed by atoms with Crippen LogP contribution in [0.3, 0.4) is 0 Å². The van der Waals surface area contributed by atoms with Gasteiger partial charge in [0.05, 0.1) is 18.8 Å². The van der Waals surface area contributed by atoms with Gasteiger partial charge in [-0.25, -0.2) is 9.50 Å². The molecule has 0 spiro atoms. The number of aromatic nitrogens is 3. The Morgan fingerprint density at radius 2 is 1.68 bits per heavy atom. The van der Waals surface area contributed by atoms with Crippen molar-refractivity contribution < 1.29 is 17.9 Å². The van der Waals surface area contributed by atoms with Gasteiger partial charge in [0.2, 0.25) is 0 Å². The number of amides is 1. The van der Waals surface area contributed by atoms with Crippen LogP contribution in [0, 0.1) is 0 Å². The van der Waals surface area contributed by atoms with Crippen molar-refractivity contribution in [3.05, 3.63) is 42.1 Å². The molecule has 5 rings (SSSR count). The Morgan fingerprint density at radius 1 is 1.03 bits per heavy atom. The van der Waals surface area contributed by atoms with E-state index in [-0.39, 0.29) is 5.91 Å². The van der Waals surface area contributed by atoms with Crippen molar-refractivity contribution in [1.29, 1.82) is 0 Å².